The van der Waals surface area contributed by atoms with Gasteiger partial charge in [-0.15, -0.1) is 0 Å². The fourth-order valence-electron chi connectivity index (χ4n) is 4.85. The number of ether oxygens (including phenoxy) is 2. The van der Waals surface area contributed by atoms with E-state index >= 15 is 0 Å². The number of aromatic nitrogens is 4. The fraction of sp³-hybridized carbons (Fsp3) is 0.452. The summed E-state index contributed by atoms with van der Waals surface area (Å²) in [6, 6.07) is 10.5. The minimum atomic E-state index is -1.28. The van der Waals surface area contributed by atoms with E-state index in [1.54, 1.807) is 22.2 Å². The van der Waals surface area contributed by atoms with Gasteiger partial charge in [-0.3, -0.25) is 14.3 Å². The van der Waals surface area contributed by atoms with Gasteiger partial charge in [0.25, 0.3) is 5.91 Å². The average Bonchev–Trinajstić information content (AvgIpc) is 3.31. The maximum Gasteiger partial charge on any atom is 0.410 e. The lowest BCUT2D eigenvalue weighted by Gasteiger charge is -2.35. The van der Waals surface area contributed by atoms with Crippen molar-refractivity contribution in [2.24, 2.45) is 0 Å². The van der Waals surface area contributed by atoms with Crippen LogP contribution >= 0.6 is 11.6 Å². The summed E-state index contributed by atoms with van der Waals surface area (Å²) in [6.45, 7) is 14.8. The van der Waals surface area contributed by atoms with Gasteiger partial charge in [-0.05, 0) is 51.1 Å². The smallest absolute Gasteiger partial charge is 0.410 e. The number of hydrogen-bond acceptors (Lipinski definition) is 7. The van der Waals surface area contributed by atoms with Crippen LogP contribution < -0.4 is 0 Å². The van der Waals surface area contributed by atoms with E-state index in [1.807, 2.05) is 55.7 Å². The summed E-state index contributed by atoms with van der Waals surface area (Å²) in [5, 5.41) is 1.35. The molecule has 0 atom stereocenters. The first-order valence-corrected chi connectivity index (χ1v) is 18.6. The van der Waals surface area contributed by atoms with Crippen molar-refractivity contribution in [2.75, 3.05) is 32.8 Å². The summed E-state index contributed by atoms with van der Waals surface area (Å²) in [4.78, 5) is 43.5. The number of hydrogen-bond donors (Lipinski definition) is 0. The number of halogens is 1. The zero-order valence-corrected chi connectivity index (χ0v) is 27.4. The second-order valence-electron chi connectivity index (χ2n) is 13.1. The molecule has 1 saturated heterocycles. The molecule has 0 radical (unpaired) electrons. The van der Waals surface area contributed by atoms with Crippen LogP contribution in [0.4, 0.5) is 4.79 Å². The molecule has 4 heterocycles. The van der Waals surface area contributed by atoms with Gasteiger partial charge < -0.3 is 19.3 Å². The van der Waals surface area contributed by atoms with Gasteiger partial charge in [0, 0.05) is 64.2 Å². The molecule has 0 saturated carbocycles. The van der Waals surface area contributed by atoms with Crippen molar-refractivity contribution >= 4 is 53.6 Å². The highest BCUT2D eigenvalue weighted by atomic mass is 35.5. The monoisotopic (exact) mass is 622 g/mol. The Morgan fingerprint density at radius 3 is 2.40 bits per heavy atom. The molecule has 12 heteroatoms. The van der Waals surface area contributed by atoms with Gasteiger partial charge in [0.1, 0.15) is 12.3 Å². The molecule has 1 aromatic carbocycles. The summed E-state index contributed by atoms with van der Waals surface area (Å²) in [5.41, 5.74) is 3.17. The molecule has 1 fully saturated rings. The molecule has 0 N–H and O–H groups in total. The van der Waals surface area contributed by atoms with E-state index in [4.69, 9.17) is 31.0 Å². The van der Waals surface area contributed by atoms with Crippen molar-refractivity contribution in [1.29, 1.82) is 0 Å². The van der Waals surface area contributed by atoms with Crippen molar-refractivity contribution in [3.8, 4) is 11.3 Å². The first-order valence-electron chi connectivity index (χ1n) is 14.5. The Morgan fingerprint density at radius 2 is 1.70 bits per heavy atom. The Balaban J connectivity index is 1.42. The van der Waals surface area contributed by atoms with Crippen molar-refractivity contribution in [3.63, 3.8) is 0 Å². The number of imidazole rings is 1. The van der Waals surface area contributed by atoms with E-state index in [1.165, 1.54) is 0 Å². The average molecular weight is 623 g/mol. The minimum Gasteiger partial charge on any atom is -0.444 e. The summed E-state index contributed by atoms with van der Waals surface area (Å²) in [7, 11) is -1.28. The maximum absolute atomic E-state index is 13.9. The predicted molar refractivity (Wildman–Crippen MR) is 171 cm³/mol. The lowest BCUT2D eigenvalue weighted by molar-refractivity contribution is 0.0136. The van der Waals surface area contributed by atoms with Crippen LogP contribution in [0.5, 0.6) is 0 Å². The molecule has 0 spiro atoms. The normalized spacial score (nSPS) is 14.5. The molecular formula is C31H39ClN6O4Si. The molecule has 10 nitrogen and oxygen atoms in total. The summed E-state index contributed by atoms with van der Waals surface area (Å²) >= 11 is 6.56. The first-order chi connectivity index (χ1) is 20.3. The van der Waals surface area contributed by atoms with Gasteiger partial charge >= 0.3 is 6.09 Å². The zero-order valence-electron chi connectivity index (χ0n) is 25.7. The van der Waals surface area contributed by atoms with Gasteiger partial charge in [-0.25, -0.2) is 14.8 Å². The van der Waals surface area contributed by atoms with Crippen LogP contribution in [0.3, 0.4) is 0 Å². The zero-order chi connectivity index (χ0) is 30.9. The molecule has 1 aliphatic rings. The molecule has 5 rings (SSSR count). The largest absolute Gasteiger partial charge is 0.444 e. The molecule has 4 aromatic rings. The number of carbonyl (C=O) groups excluding carboxylic acids is 2. The number of benzene rings is 1. The third-order valence-electron chi connectivity index (χ3n) is 7.23. The molecule has 1 aliphatic heterocycles. The summed E-state index contributed by atoms with van der Waals surface area (Å²) < 4.78 is 13.5. The quantitative estimate of drug-likeness (QED) is 0.176. The minimum absolute atomic E-state index is 0.199. The van der Waals surface area contributed by atoms with E-state index in [-0.39, 0.29) is 18.7 Å². The summed E-state index contributed by atoms with van der Waals surface area (Å²) in [5.74, 6) is 0.108. The van der Waals surface area contributed by atoms with Crippen molar-refractivity contribution < 1.29 is 19.1 Å². The Morgan fingerprint density at radius 1 is 0.977 bits per heavy atom. The van der Waals surface area contributed by atoms with E-state index in [0.29, 0.717) is 54.8 Å². The highest BCUT2D eigenvalue weighted by molar-refractivity contribution is 6.76. The maximum atomic E-state index is 13.9. The number of piperazine rings is 1. The Labute approximate surface area is 258 Å². The van der Waals surface area contributed by atoms with E-state index in [2.05, 4.69) is 24.6 Å². The molecule has 3 aromatic heterocycles. The standard InChI is InChI=1S/C31H39ClN6O4Si/c1-31(2,3)42-30(40)37-13-11-36(12-14-37)29(39)28-35-26-17-21(25-18-23(32)22-19-33-10-9-24(22)34-25)7-8-27(26)38(28)20-41-15-16-43(4,5)6/h7-10,17-19H,11-16,20H2,1-6H3. The fourth-order valence-corrected chi connectivity index (χ4v) is 5.86. The van der Waals surface area contributed by atoms with E-state index in [9.17, 15) is 9.59 Å². The number of nitrogens with zero attached hydrogens (tertiary/aromatic N) is 6. The lowest BCUT2D eigenvalue weighted by Crippen LogP contribution is -2.52. The van der Waals surface area contributed by atoms with Crippen LogP contribution in [-0.4, -0.2) is 87.8 Å². The van der Waals surface area contributed by atoms with Crippen LogP contribution in [0, 0.1) is 0 Å². The molecule has 2 amide bonds. The van der Waals surface area contributed by atoms with Gasteiger partial charge in [0.2, 0.25) is 5.82 Å². The molecule has 0 unspecified atom stereocenters. The number of amides is 2. The Kier molecular flexibility index (Phi) is 8.78. The van der Waals surface area contributed by atoms with Gasteiger partial charge in [0.05, 0.1) is 27.3 Å². The first kappa shape index (κ1) is 30.9. The van der Waals surface area contributed by atoms with Crippen molar-refractivity contribution in [2.45, 2.75) is 58.8 Å². The second-order valence-corrected chi connectivity index (χ2v) is 19.1. The van der Waals surface area contributed by atoms with Crippen LogP contribution in [0.25, 0.3) is 33.2 Å². The number of rotatable bonds is 7. The molecular weight excluding hydrogens is 584 g/mol. The number of fused-ring (bicyclic) bond motifs is 2. The molecule has 228 valence electrons. The SMILES string of the molecule is CC(C)(C)OC(=O)N1CCN(C(=O)c2nc3cc(-c4cc(Cl)c5cnccc5n4)ccc3n2COCC[Si](C)(C)C)CC1. The Hall–Kier alpha value is -3.54. The van der Waals surface area contributed by atoms with Crippen molar-refractivity contribution in [1.82, 2.24) is 29.3 Å². The van der Waals surface area contributed by atoms with Crippen LogP contribution in [0.1, 0.15) is 31.4 Å². The van der Waals surface area contributed by atoms with E-state index in [0.717, 1.165) is 28.0 Å². The summed E-state index contributed by atoms with van der Waals surface area (Å²) in [6.07, 6.45) is 3.02. The highest BCUT2D eigenvalue weighted by Crippen LogP contribution is 2.30. The van der Waals surface area contributed by atoms with Crippen molar-refractivity contribution in [3.05, 3.63) is 53.6 Å². The molecule has 0 bridgehead atoms. The van der Waals surface area contributed by atoms with Gasteiger partial charge in [-0.1, -0.05) is 37.3 Å². The molecule has 0 aliphatic carbocycles. The third-order valence-corrected chi connectivity index (χ3v) is 9.25. The van der Waals surface area contributed by atoms with E-state index < -0.39 is 13.7 Å². The van der Waals surface area contributed by atoms with Gasteiger partial charge in [0.15, 0.2) is 0 Å². The predicted octanol–water partition coefficient (Wildman–Crippen LogP) is 6.31. The second kappa shape index (κ2) is 12.2. The van der Waals surface area contributed by atoms with Crippen LogP contribution in [-0.2, 0) is 16.2 Å². The highest BCUT2D eigenvalue weighted by Gasteiger charge is 2.30. The van der Waals surface area contributed by atoms with Gasteiger partial charge in [-0.2, -0.15) is 0 Å². The Bertz CT molecular complexity index is 1650. The van der Waals surface area contributed by atoms with Crippen LogP contribution in [0.2, 0.25) is 30.7 Å². The topological polar surface area (TPSA) is 103 Å². The van der Waals surface area contributed by atoms with Crippen LogP contribution in [0.15, 0.2) is 42.7 Å². The third kappa shape index (κ3) is 7.34. The molecule has 43 heavy (non-hydrogen) atoms. The lowest BCUT2D eigenvalue weighted by atomic mass is 10.1. The number of pyridine rings is 2. The number of carbonyl (C=O) groups is 2.